The number of nitrogens with one attached hydrogen (secondary N) is 1. The molecule has 0 aliphatic carbocycles. The van der Waals surface area contributed by atoms with E-state index in [0.717, 1.165) is 16.8 Å². The molecule has 1 heterocycles. The average Bonchev–Trinajstić information content (AvgIpc) is 2.59. The molecule has 2 aromatic carbocycles. The van der Waals surface area contributed by atoms with Crippen LogP contribution in [0.2, 0.25) is 18.1 Å². The fraction of sp³-hybridized carbons (Fsp3) is 0.318. The zero-order valence-corrected chi connectivity index (χ0v) is 17.2. The van der Waals surface area contributed by atoms with Crippen molar-refractivity contribution in [2.45, 2.75) is 45.0 Å². The molecule has 3 nitrogen and oxygen atoms in total. The highest BCUT2D eigenvalue weighted by molar-refractivity contribution is 6.74. The summed E-state index contributed by atoms with van der Waals surface area (Å²) in [4.78, 5) is 16.1. The van der Waals surface area contributed by atoms with Gasteiger partial charge >= 0.3 is 0 Å². The Kier molecular flexibility index (Phi) is 4.91. The van der Waals surface area contributed by atoms with Crippen molar-refractivity contribution in [1.29, 1.82) is 0 Å². The van der Waals surface area contributed by atoms with E-state index < -0.39 is 8.32 Å². The predicted molar refractivity (Wildman–Crippen MR) is 111 cm³/mol. The second kappa shape index (κ2) is 6.86. The van der Waals surface area contributed by atoms with E-state index in [4.69, 9.17) is 4.43 Å². The zero-order valence-electron chi connectivity index (χ0n) is 16.2. The molecule has 0 spiro atoms. The maximum Gasteiger partial charge on any atom is 0.193 e. The molecule has 0 saturated carbocycles. The molecule has 0 aliphatic rings. The number of aromatic nitrogens is 1. The average molecular weight is 366 g/mol. The molecule has 1 aromatic heterocycles. The predicted octanol–water partition coefficient (Wildman–Crippen LogP) is 5.64. The van der Waals surface area contributed by atoms with Gasteiger partial charge in [0, 0.05) is 17.0 Å². The molecular formula is C22H27NO2Si. The van der Waals surface area contributed by atoms with Gasteiger partial charge in [0.05, 0.1) is 5.69 Å². The number of hydrogen-bond donors (Lipinski definition) is 1. The van der Waals surface area contributed by atoms with Crippen molar-refractivity contribution in [3.8, 4) is 0 Å². The third kappa shape index (κ3) is 3.66. The van der Waals surface area contributed by atoms with E-state index >= 15 is 0 Å². The Labute approximate surface area is 156 Å². The molecule has 0 fully saturated rings. The molecule has 0 aliphatic heterocycles. The summed E-state index contributed by atoms with van der Waals surface area (Å²) in [5, 5.41) is 0.785. The van der Waals surface area contributed by atoms with Gasteiger partial charge in [-0.25, -0.2) is 0 Å². The summed E-state index contributed by atoms with van der Waals surface area (Å²) in [6.45, 7) is 11.2. The highest BCUT2D eigenvalue weighted by Gasteiger charge is 2.40. The summed E-state index contributed by atoms with van der Waals surface area (Å²) in [6, 6.07) is 19.4. The van der Waals surface area contributed by atoms with Gasteiger partial charge in [-0.1, -0.05) is 63.2 Å². The Morgan fingerprint density at radius 2 is 1.58 bits per heavy atom. The topological polar surface area (TPSA) is 42.1 Å². The summed E-state index contributed by atoms with van der Waals surface area (Å²) in [6.07, 6.45) is -0.283. The van der Waals surface area contributed by atoms with Crippen LogP contribution in [-0.4, -0.2) is 13.3 Å². The summed E-state index contributed by atoms with van der Waals surface area (Å²) in [5.41, 5.74) is 2.73. The zero-order chi connectivity index (χ0) is 18.9. The third-order valence-corrected chi connectivity index (χ3v) is 9.80. The Hall–Kier alpha value is -2.17. The van der Waals surface area contributed by atoms with E-state index in [1.165, 1.54) is 0 Å². The standard InChI is InChI=1S/C22H27NO2Si/c1-22(2,3)26(4,5)25-21(16-11-7-6-8-12-16)19-15-20(24)17-13-9-10-14-18(17)23-19/h6-15,21H,1-5H3,(H,23,24)/t21-/m1/s1. The van der Waals surface area contributed by atoms with Gasteiger partial charge in [-0.2, -0.15) is 0 Å². The molecule has 3 aromatic rings. The molecule has 1 N–H and O–H groups in total. The monoisotopic (exact) mass is 365 g/mol. The molecule has 0 amide bonds. The first-order chi connectivity index (χ1) is 12.2. The first-order valence-corrected chi connectivity index (χ1v) is 11.9. The van der Waals surface area contributed by atoms with E-state index in [1.54, 1.807) is 6.07 Å². The van der Waals surface area contributed by atoms with Crippen molar-refractivity contribution in [1.82, 2.24) is 4.98 Å². The molecule has 4 heteroatoms. The highest BCUT2D eigenvalue weighted by atomic mass is 28.4. The first kappa shape index (κ1) is 18.6. The van der Waals surface area contributed by atoms with Crippen molar-refractivity contribution in [2.75, 3.05) is 0 Å². The van der Waals surface area contributed by atoms with Crippen molar-refractivity contribution in [2.24, 2.45) is 0 Å². The van der Waals surface area contributed by atoms with Gasteiger partial charge in [0.2, 0.25) is 0 Å². The normalized spacial score (nSPS) is 13.7. The molecule has 0 saturated heterocycles. The van der Waals surface area contributed by atoms with Crippen LogP contribution in [0.3, 0.4) is 0 Å². The van der Waals surface area contributed by atoms with Crippen molar-refractivity contribution in [3.63, 3.8) is 0 Å². The smallest absolute Gasteiger partial charge is 0.193 e. The van der Waals surface area contributed by atoms with Crippen LogP contribution in [0.1, 0.15) is 38.1 Å². The minimum Gasteiger partial charge on any atom is -0.404 e. The van der Waals surface area contributed by atoms with E-state index in [0.29, 0.717) is 5.39 Å². The number of para-hydroxylation sites is 1. The SMILES string of the molecule is CC(C)(C)[Si](C)(C)O[C@H](c1ccccc1)c1cc(=O)c2ccccc2[nH]1. The number of rotatable bonds is 4. The number of benzene rings is 2. The van der Waals surface area contributed by atoms with Crippen LogP contribution in [-0.2, 0) is 4.43 Å². The molecule has 26 heavy (non-hydrogen) atoms. The first-order valence-electron chi connectivity index (χ1n) is 9.04. The lowest BCUT2D eigenvalue weighted by Gasteiger charge is -2.39. The molecule has 3 rings (SSSR count). The number of pyridine rings is 1. The number of aromatic amines is 1. The third-order valence-electron chi connectivity index (χ3n) is 5.36. The summed E-state index contributed by atoms with van der Waals surface area (Å²) < 4.78 is 6.75. The van der Waals surface area contributed by atoms with Crippen molar-refractivity contribution >= 4 is 19.2 Å². The highest BCUT2D eigenvalue weighted by Crippen LogP contribution is 2.41. The van der Waals surface area contributed by atoms with Crippen molar-refractivity contribution < 1.29 is 4.43 Å². The van der Waals surface area contributed by atoms with Crippen LogP contribution in [0.15, 0.2) is 65.5 Å². The second-order valence-corrected chi connectivity index (χ2v) is 13.1. The van der Waals surface area contributed by atoms with Crippen LogP contribution in [0.5, 0.6) is 0 Å². The Morgan fingerprint density at radius 1 is 0.962 bits per heavy atom. The van der Waals surface area contributed by atoms with Crippen LogP contribution < -0.4 is 5.43 Å². The number of fused-ring (bicyclic) bond motifs is 1. The van der Waals surface area contributed by atoms with E-state index in [9.17, 15) is 4.79 Å². The lowest BCUT2D eigenvalue weighted by molar-refractivity contribution is 0.218. The lowest BCUT2D eigenvalue weighted by Crippen LogP contribution is -2.42. The lowest BCUT2D eigenvalue weighted by atomic mass is 10.0. The van der Waals surface area contributed by atoms with Gasteiger partial charge < -0.3 is 9.41 Å². The van der Waals surface area contributed by atoms with Gasteiger partial charge in [0.1, 0.15) is 6.10 Å². The molecule has 0 bridgehead atoms. The number of hydrogen-bond acceptors (Lipinski definition) is 2. The molecule has 1 atom stereocenters. The molecule has 0 unspecified atom stereocenters. The fourth-order valence-corrected chi connectivity index (χ4v) is 3.97. The quantitative estimate of drug-likeness (QED) is 0.608. The van der Waals surface area contributed by atoms with Gasteiger partial charge in [0.25, 0.3) is 0 Å². The van der Waals surface area contributed by atoms with E-state index in [1.807, 2.05) is 42.5 Å². The van der Waals surface area contributed by atoms with Crippen LogP contribution in [0, 0.1) is 0 Å². The minimum atomic E-state index is -2.04. The van der Waals surface area contributed by atoms with Crippen molar-refractivity contribution in [3.05, 3.63) is 82.1 Å². The summed E-state index contributed by atoms with van der Waals surface area (Å²) in [7, 11) is -2.04. The maximum atomic E-state index is 12.6. The van der Waals surface area contributed by atoms with Crippen LogP contribution >= 0.6 is 0 Å². The largest absolute Gasteiger partial charge is 0.404 e. The fourth-order valence-electron chi connectivity index (χ4n) is 2.77. The molecule has 0 radical (unpaired) electrons. The molecular weight excluding hydrogens is 338 g/mol. The maximum absolute atomic E-state index is 12.6. The minimum absolute atomic E-state index is 0.0223. The molecule has 136 valence electrons. The van der Waals surface area contributed by atoms with Crippen LogP contribution in [0.4, 0.5) is 0 Å². The Balaban J connectivity index is 2.14. The Bertz CT molecular complexity index is 955. The number of H-pyrrole nitrogens is 1. The second-order valence-electron chi connectivity index (χ2n) is 8.30. The van der Waals surface area contributed by atoms with E-state index in [2.05, 4.69) is 51.0 Å². The van der Waals surface area contributed by atoms with Gasteiger partial charge in [-0.05, 0) is 35.8 Å². The summed E-state index contributed by atoms with van der Waals surface area (Å²) >= 11 is 0. The summed E-state index contributed by atoms with van der Waals surface area (Å²) in [5.74, 6) is 0. The van der Waals surface area contributed by atoms with E-state index in [-0.39, 0.29) is 16.6 Å². The van der Waals surface area contributed by atoms with Gasteiger partial charge in [-0.3, -0.25) is 4.79 Å². The Morgan fingerprint density at radius 3 is 2.23 bits per heavy atom. The van der Waals surface area contributed by atoms with Gasteiger partial charge in [0.15, 0.2) is 13.7 Å². The van der Waals surface area contributed by atoms with Gasteiger partial charge in [-0.15, -0.1) is 0 Å². The van der Waals surface area contributed by atoms with Crippen LogP contribution in [0.25, 0.3) is 10.9 Å².